The van der Waals surface area contributed by atoms with Crippen LogP contribution in [-0.4, -0.2) is 30.1 Å². The van der Waals surface area contributed by atoms with Gasteiger partial charge in [-0.2, -0.15) is 0 Å². The molecule has 1 heterocycles. The Labute approximate surface area is 184 Å². The Kier molecular flexibility index (Phi) is 8.64. The standard InChI is InChI=1S/C18H20N2O2.C8H11N/c21-16-7-6-14-11-17(20-12-15(14)10-16)18(22)19-9-8-13-4-2-1-3-5-13;9-7-6-8-4-2-1-3-5-8/h1-7,10,17,20-21H,8-9,11-12H2,(H,19,22);1-5H,6-7,9H2/t17-;/m1./s1. The number of fused-ring (bicyclic) bond motifs is 1. The van der Waals surface area contributed by atoms with Crippen LogP contribution in [0.1, 0.15) is 22.3 Å². The summed E-state index contributed by atoms with van der Waals surface area (Å²) >= 11 is 0. The number of aromatic hydroxyl groups is 1. The summed E-state index contributed by atoms with van der Waals surface area (Å²) in [5.74, 6) is 0.306. The van der Waals surface area contributed by atoms with E-state index in [1.54, 1.807) is 12.1 Å². The number of nitrogens with two attached hydrogens (primary N) is 1. The van der Waals surface area contributed by atoms with Crippen LogP contribution in [0.2, 0.25) is 0 Å². The second-order valence-electron chi connectivity index (χ2n) is 7.64. The zero-order chi connectivity index (χ0) is 21.9. The molecule has 5 N–H and O–H groups in total. The first-order valence-corrected chi connectivity index (χ1v) is 10.8. The molecule has 5 heteroatoms. The summed E-state index contributed by atoms with van der Waals surface area (Å²) in [5.41, 5.74) is 10.1. The Morgan fingerprint density at radius 2 is 1.58 bits per heavy atom. The van der Waals surface area contributed by atoms with Crippen molar-refractivity contribution in [1.29, 1.82) is 0 Å². The number of carbonyl (C=O) groups is 1. The van der Waals surface area contributed by atoms with Gasteiger partial charge < -0.3 is 21.5 Å². The topological polar surface area (TPSA) is 87.4 Å². The minimum Gasteiger partial charge on any atom is -0.508 e. The minimum atomic E-state index is -0.201. The molecular weight excluding hydrogens is 386 g/mol. The summed E-state index contributed by atoms with van der Waals surface area (Å²) in [5, 5.41) is 15.7. The average molecular weight is 418 g/mol. The number of amides is 1. The SMILES string of the molecule is NCCc1ccccc1.O=C(NCCc1ccccc1)[C@H]1Cc2ccc(O)cc2CN1. The van der Waals surface area contributed by atoms with Gasteiger partial charge in [0.1, 0.15) is 5.75 Å². The number of hydrogen-bond acceptors (Lipinski definition) is 4. The van der Waals surface area contributed by atoms with Crippen LogP contribution < -0.4 is 16.4 Å². The third-order valence-corrected chi connectivity index (χ3v) is 5.30. The van der Waals surface area contributed by atoms with Crippen LogP contribution in [-0.2, 0) is 30.6 Å². The van der Waals surface area contributed by atoms with E-state index >= 15 is 0 Å². The molecule has 0 unspecified atom stereocenters. The number of carbonyl (C=O) groups excluding carboxylic acids is 1. The van der Waals surface area contributed by atoms with Crippen molar-refractivity contribution in [1.82, 2.24) is 10.6 Å². The van der Waals surface area contributed by atoms with Crippen molar-refractivity contribution in [3.63, 3.8) is 0 Å². The van der Waals surface area contributed by atoms with E-state index in [-0.39, 0.29) is 17.7 Å². The number of phenolic OH excluding ortho intramolecular Hbond substituents is 1. The van der Waals surface area contributed by atoms with Gasteiger partial charge in [-0.1, -0.05) is 66.7 Å². The fraction of sp³-hybridized carbons (Fsp3) is 0.269. The fourth-order valence-electron chi connectivity index (χ4n) is 3.60. The maximum Gasteiger partial charge on any atom is 0.237 e. The minimum absolute atomic E-state index is 0.0367. The summed E-state index contributed by atoms with van der Waals surface area (Å²) in [6, 6.07) is 25.5. The summed E-state index contributed by atoms with van der Waals surface area (Å²) in [6.45, 7) is 1.99. The molecule has 0 fully saturated rings. The molecule has 4 rings (SSSR count). The first-order chi connectivity index (χ1) is 15.2. The first-order valence-electron chi connectivity index (χ1n) is 10.8. The van der Waals surface area contributed by atoms with Crippen molar-refractivity contribution in [2.24, 2.45) is 5.73 Å². The molecule has 0 saturated heterocycles. The Bertz CT molecular complexity index is 945. The molecule has 1 aliphatic rings. The highest BCUT2D eigenvalue weighted by Gasteiger charge is 2.23. The molecule has 31 heavy (non-hydrogen) atoms. The van der Waals surface area contributed by atoms with Gasteiger partial charge in [0.25, 0.3) is 0 Å². The van der Waals surface area contributed by atoms with Crippen LogP contribution in [0.5, 0.6) is 5.75 Å². The Hall–Kier alpha value is -3.15. The molecule has 1 amide bonds. The van der Waals surface area contributed by atoms with Crippen LogP contribution >= 0.6 is 0 Å². The Balaban J connectivity index is 0.000000254. The third kappa shape index (κ3) is 7.24. The lowest BCUT2D eigenvalue weighted by molar-refractivity contribution is -0.123. The van der Waals surface area contributed by atoms with Crippen LogP contribution in [0.15, 0.2) is 78.9 Å². The molecule has 3 aromatic carbocycles. The van der Waals surface area contributed by atoms with Gasteiger partial charge in [0.15, 0.2) is 0 Å². The summed E-state index contributed by atoms with van der Waals surface area (Å²) < 4.78 is 0. The highest BCUT2D eigenvalue weighted by atomic mass is 16.3. The van der Waals surface area contributed by atoms with Crippen molar-refractivity contribution >= 4 is 5.91 Å². The predicted molar refractivity (Wildman–Crippen MR) is 125 cm³/mol. The molecule has 0 aliphatic carbocycles. The Morgan fingerprint density at radius 1 is 0.935 bits per heavy atom. The molecule has 3 aromatic rings. The van der Waals surface area contributed by atoms with Gasteiger partial charge in [-0.25, -0.2) is 0 Å². The van der Waals surface area contributed by atoms with Crippen LogP contribution in [0.25, 0.3) is 0 Å². The smallest absolute Gasteiger partial charge is 0.237 e. The van der Waals surface area contributed by atoms with Crippen molar-refractivity contribution in [3.05, 3.63) is 101 Å². The van der Waals surface area contributed by atoms with Crippen LogP contribution in [0.3, 0.4) is 0 Å². The molecule has 0 aromatic heterocycles. The third-order valence-electron chi connectivity index (χ3n) is 5.30. The van der Waals surface area contributed by atoms with E-state index in [1.807, 2.05) is 42.5 Å². The van der Waals surface area contributed by atoms with Crippen molar-refractivity contribution in [3.8, 4) is 5.75 Å². The van der Waals surface area contributed by atoms with Gasteiger partial charge >= 0.3 is 0 Å². The lowest BCUT2D eigenvalue weighted by Crippen LogP contribution is -2.48. The molecule has 0 spiro atoms. The van der Waals surface area contributed by atoms with Crippen molar-refractivity contribution in [2.75, 3.05) is 13.1 Å². The lowest BCUT2D eigenvalue weighted by Gasteiger charge is -2.25. The van der Waals surface area contributed by atoms with Crippen molar-refractivity contribution < 1.29 is 9.90 Å². The molecule has 162 valence electrons. The maximum atomic E-state index is 12.2. The van der Waals surface area contributed by atoms with Gasteiger partial charge in [0.2, 0.25) is 5.91 Å². The largest absolute Gasteiger partial charge is 0.508 e. The molecule has 1 atom stereocenters. The fourth-order valence-corrected chi connectivity index (χ4v) is 3.60. The van der Waals surface area contributed by atoms with E-state index in [4.69, 9.17) is 5.73 Å². The van der Waals surface area contributed by atoms with Gasteiger partial charge in [-0.3, -0.25) is 4.79 Å². The molecule has 5 nitrogen and oxygen atoms in total. The van der Waals surface area contributed by atoms with E-state index in [9.17, 15) is 9.90 Å². The number of nitrogens with one attached hydrogen (secondary N) is 2. The second kappa shape index (κ2) is 11.9. The average Bonchev–Trinajstić information content (AvgIpc) is 2.81. The first kappa shape index (κ1) is 22.5. The molecule has 1 aliphatic heterocycles. The number of hydrogen-bond donors (Lipinski definition) is 4. The molecule has 0 bridgehead atoms. The van der Waals surface area contributed by atoms with E-state index in [2.05, 4.69) is 34.9 Å². The normalized spacial score (nSPS) is 14.7. The van der Waals surface area contributed by atoms with E-state index in [0.29, 0.717) is 19.5 Å². The van der Waals surface area contributed by atoms with E-state index in [0.717, 1.165) is 30.5 Å². The monoisotopic (exact) mass is 417 g/mol. The molecular formula is C26H31N3O2. The maximum absolute atomic E-state index is 12.2. The summed E-state index contributed by atoms with van der Waals surface area (Å²) in [6.07, 6.45) is 2.48. The van der Waals surface area contributed by atoms with Gasteiger partial charge in [0.05, 0.1) is 6.04 Å². The van der Waals surface area contributed by atoms with Gasteiger partial charge in [0, 0.05) is 13.1 Å². The highest BCUT2D eigenvalue weighted by Crippen LogP contribution is 2.21. The van der Waals surface area contributed by atoms with Crippen LogP contribution in [0, 0.1) is 0 Å². The molecule has 0 saturated carbocycles. The van der Waals surface area contributed by atoms with Crippen LogP contribution in [0.4, 0.5) is 0 Å². The quantitative estimate of drug-likeness (QED) is 0.497. The summed E-state index contributed by atoms with van der Waals surface area (Å²) in [4.78, 5) is 12.2. The number of rotatable bonds is 6. The van der Waals surface area contributed by atoms with E-state index < -0.39 is 0 Å². The summed E-state index contributed by atoms with van der Waals surface area (Å²) in [7, 11) is 0. The zero-order valence-electron chi connectivity index (χ0n) is 17.8. The number of phenols is 1. The lowest BCUT2D eigenvalue weighted by atomic mass is 9.95. The van der Waals surface area contributed by atoms with Gasteiger partial charge in [-0.05, 0) is 60.2 Å². The van der Waals surface area contributed by atoms with Crippen molar-refractivity contribution in [2.45, 2.75) is 31.8 Å². The van der Waals surface area contributed by atoms with Gasteiger partial charge in [-0.15, -0.1) is 0 Å². The Morgan fingerprint density at radius 3 is 2.23 bits per heavy atom. The predicted octanol–water partition coefficient (Wildman–Crippen LogP) is 2.95. The zero-order valence-corrected chi connectivity index (χ0v) is 17.8. The highest BCUT2D eigenvalue weighted by molar-refractivity contribution is 5.82. The second-order valence-corrected chi connectivity index (χ2v) is 7.64. The van der Waals surface area contributed by atoms with E-state index in [1.165, 1.54) is 11.1 Å². The number of benzene rings is 3. The molecule has 0 radical (unpaired) electrons.